The molecule has 3 rings (SSSR count). The number of aryl methyl sites for hydroxylation is 1. The second-order valence-corrected chi connectivity index (χ2v) is 7.43. The van der Waals surface area contributed by atoms with E-state index in [4.69, 9.17) is 0 Å². The van der Waals surface area contributed by atoms with Crippen LogP contribution in [0, 0.1) is 13.8 Å². The number of carbonyl (C=O) groups is 2. The Hall–Kier alpha value is -2.50. The number of nitrogens with two attached hydrogens (primary N) is 1. The van der Waals surface area contributed by atoms with E-state index in [9.17, 15) is 9.59 Å². The number of hydrogen-bond acceptors (Lipinski definition) is 3. The number of Topliss-reactive ketones (excluding diaryl/α,β-unsaturated/α-hetero) is 2. The van der Waals surface area contributed by atoms with Crippen LogP contribution in [0.4, 0.5) is 0 Å². The summed E-state index contributed by atoms with van der Waals surface area (Å²) in [6.45, 7) is 5.52. The molecule has 2 heterocycles. The van der Waals surface area contributed by atoms with Crippen molar-refractivity contribution in [2.75, 3.05) is 6.54 Å². The summed E-state index contributed by atoms with van der Waals surface area (Å²) < 4.78 is 0. The molecule has 0 bridgehead atoms. The topological polar surface area (TPSA) is 66.5 Å². The molecule has 3 N–H and O–H groups in total. The number of nitrogens with one attached hydrogen (secondary N) is 1. The minimum absolute atomic E-state index is 0.00980. The number of benzene rings is 1. The third-order valence-electron chi connectivity index (χ3n) is 4.62. The van der Waals surface area contributed by atoms with E-state index in [1.54, 1.807) is 11.3 Å². The highest BCUT2D eigenvalue weighted by atomic mass is 32.1. The third-order valence-corrected chi connectivity index (χ3v) is 5.57. The van der Waals surface area contributed by atoms with Gasteiger partial charge in [-0.3, -0.25) is 9.59 Å². The molecule has 2 aromatic heterocycles. The first-order chi connectivity index (χ1) is 12.5. The number of thiophene rings is 1. The number of ketones is 2. The first-order valence-electron chi connectivity index (χ1n) is 8.64. The molecule has 0 fully saturated rings. The Kier molecular flexibility index (Phi) is 5.49. The molecular formula is C21H23N2O2S+. The van der Waals surface area contributed by atoms with Crippen LogP contribution >= 0.6 is 11.3 Å². The van der Waals surface area contributed by atoms with Gasteiger partial charge in [0.1, 0.15) is 12.6 Å². The first-order valence-corrected chi connectivity index (χ1v) is 9.52. The molecular weight excluding hydrogens is 344 g/mol. The van der Waals surface area contributed by atoms with Gasteiger partial charge in [0.05, 0.1) is 10.6 Å². The molecule has 0 spiro atoms. The van der Waals surface area contributed by atoms with Gasteiger partial charge in [0.25, 0.3) is 0 Å². The zero-order chi connectivity index (χ0) is 18.7. The lowest BCUT2D eigenvalue weighted by Gasteiger charge is -2.14. The minimum Gasteiger partial charge on any atom is -0.355 e. The normalized spacial score (nSPS) is 12.1. The number of rotatable bonds is 7. The van der Waals surface area contributed by atoms with E-state index in [1.807, 2.05) is 38.1 Å². The van der Waals surface area contributed by atoms with E-state index in [2.05, 4.69) is 33.9 Å². The summed E-state index contributed by atoms with van der Waals surface area (Å²) in [5.41, 5.74) is 3.86. The van der Waals surface area contributed by atoms with Crippen LogP contribution in [0.1, 0.15) is 55.5 Å². The van der Waals surface area contributed by atoms with Gasteiger partial charge in [0.15, 0.2) is 5.78 Å². The van der Waals surface area contributed by atoms with Gasteiger partial charge in [-0.2, -0.15) is 0 Å². The largest absolute Gasteiger partial charge is 0.355 e. The maximum atomic E-state index is 12.8. The van der Waals surface area contributed by atoms with Gasteiger partial charge in [-0.15, -0.1) is 11.3 Å². The fraction of sp³-hybridized carbons (Fsp3) is 0.238. The third kappa shape index (κ3) is 3.69. The van der Waals surface area contributed by atoms with Crippen molar-refractivity contribution in [3.63, 3.8) is 0 Å². The van der Waals surface area contributed by atoms with Crippen molar-refractivity contribution in [2.24, 2.45) is 0 Å². The van der Waals surface area contributed by atoms with Gasteiger partial charge in [0, 0.05) is 16.8 Å². The molecule has 3 aromatic rings. The zero-order valence-electron chi connectivity index (χ0n) is 15.2. The number of carbonyl (C=O) groups excluding carboxylic acids is 2. The van der Waals surface area contributed by atoms with E-state index in [1.165, 1.54) is 17.4 Å². The Morgan fingerprint density at radius 3 is 2.42 bits per heavy atom. The lowest BCUT2D eigenvalue weighted by atomic mass is 10.0. The number of quaternary nitrogens is 1. The molecule has 0 saturated heterocycles. The molecule has 5 heteroatoms. The van der Waals surface area contributed by atoms with E-state index in [0.717, 1.165) is 11.3 Å². The van der Waals surface area contributed by atoms with Crippen LogP contribution in [0.5, 0.6) is 0 Å². The van der Waals surface area contributed by atoms with E-state index >= 15 is 0 Å². The highest BCUT2D eigenvalue weighted by molar-refractivity contribution is 7.10. The van der Waals surface area contributed by atoms with Crippen LogP contribution in [0.25, 0.3) is 0 Å². The molecule has 26 heavy (non-hydrogen) atoms. The maximum Gasteiger partial charge on any atom is 0.233 e. The number of hydrogen-bond donors (Lipinski definition) is 2. The molecule has 0 saturated carbocycles. The fourth-order valence-electron chi connectivity index (χ4n) is 3.43. The molecule has 0 unspecified atom stereocenters. The molecule has 0 aliphatic rings. The van der Waals surface area contributed by atoms with E-state index in [-0.39, 0.29) is 17.6 Å². The summed E-state index contributed by atoms with van der Waals surface area (Å²) in [5, 5.41) is 4.12. The smallest absolute Gasteiger partial charge is 0.233 e. The molecule has 0 aliphatic carbocycles. The predicted octanol–water partition coefficient (Wildman–Crippen LogP) is 3.43. The van der Waals surface area contributed by atoms with Crippen LogP contribution in [-0.4, -0.2) is 23.1 Å². The van der Waals surface area contributed by atoms with Crippen molar-refractivity contribution in [1.29, 1.82) is 0 Å². The van der Waals surface area contributed by atoms with Crippen molar-refractivity contribution < 1.29 is 14.9 Å². The van der Waals surface area contributed by atoms with E-state index < -0.39 is 0 Å². The average molecular weight is 367 g/mol. The van der Waals surface area contributed by atoms with Gasteiger partial charge in [-0.1, -0.05) is 36.4 Å². The Bertz CT molecular complexity index is 911. The van der Waals surface area contributed by atoms with Crippen molar-refractivity contribution in [3.8, 4) is 0 Å². The molecule has 1 aromatic carbocycles. The highest BCUT2D eigenvalue weighted by Gasteiger charge is 2.24. The summed E-state index contributed by atoms with van der Waals surface area (Å²) in [6.07, 6.45) is 0. The van der Waals surface area contributed by atoms with Crippen molar-refractivity contribution in [3.05, 3.63) is 80.8 Å². The number of aromatic amines is 1. The second kappa shape index (κ2) is 7.81. The monoisotopic (exact) mass is 367 g/mol. The average Bonchev–Trinajstić information content (AvgIpc) is 3.24. The molecule has 0 radical (unpaired) electrons. The van der Waals surface area contributed by atoms with Gasteiger partial charge >= 0.3 is 0 Å². The van der Waals surface area contributed by atoms with Crippen LogP contribution in [-0.2, 0) is 0 Å². The lowest BCUT2D eigenvalue weighted by Crippen LogP contribution is -2.87. The SMILES string of the molecule is CC(=O)c1c(C)[nH]c(C(=O)C[NH2+][C@@H](c2ccccc2)c2cccs2)c1C. The number of aromatic nitrogens is 1. The van der Waals surface area contributed by atoms with Gasteiger partial charge in [-0.05, 0) is 37.8 Å². The Labute approximate surface area is 157 Å². The van der Waals surface area contributed by atoms with Crippen LogP contribution in [0.3, 0.4) is 0 Å². The molecule has 0 amide bonds. The number of H-pyrrole nitrogens is 1. The highest BCUT2D eigenvalue weighted by Crippen LogP contribution is 2.23. The minimum atomic E-state index is -0.0139. The predicted molar refractivity (Wildman–Crippen MR) is 104 cm³/mol. The maximum absolute atomic E-state index is 12.8. The fourth-order valence-corrected chi connectivity index (χ4v) is 4.28. The van der Waals surface area contributed by atoms with Gasteiger partial charge in [0.2, 0.25) is 5.78 Å². The van der Waals surface area contributed by atoms with Crippen LogP contribution in [0.15, 0.2) is 47.8 Å². The standard InChI is InChI=1S/C21H22N2O2S/c1-13-19(15(3)24)14(2)23-20(13)17(25)12-22-21(18-10-7-11-26-18)16-8-5-4-6-9-16/h4-11,21-23H,12H2,1-3H3/p+1/t21-/m0/s1. The molecule has 0 aliphatic heterocycles. The summed E-state index contributed by atoms with van der Waals surface area (Å²) in [6, 6.07) is 14.4. The van der Waals surface area contributed by atoms with Crippen LogP contribution in [0.2, 0.25) is 0 Å². The molecule has 134 valence electrons. The zero-order valence-corrected chi connectivity index (χ0v) is 16.0. The van der Waals surface area contributed by atoms with E-state index in [0.29, 0.717) is 17.8 Å². The first kappa shape index (κ1) is 18.3. The quantitative estimate of drug-likeness (QED) is 0.628. The summed E-state index contributed by atoms with van der Waals surface area (Å²) in [4.78, 5) is 28.9. The summed E-state index contributed by atoms with van der Waals surface area (Å²) >= 11 is 1.69. The molecule has 4 nitrogen and oxygen atoms in total. The Morgan fingerprint density at radius 1 is 1.12 bits per heavy atom. The summed E-state index contributed by atoms with van der Waals surface area (Å²) in [7, 11) is 0. The second-order valence-electron chi connectivity index (χ2n) is 6.45. The van der Waals surface area contributed by atoms with Crippen molar-refractivity contribution in [2.45, 2.75) is 26.8 Å². The summed E-state index contributed by atoms with van der Waals surface area (Å²) in [5.74, 6) is -0.00406. The van der Waals surface area contributed by atoms with Crippen molar-refractivity contribution in [1.82, 2.24) is 4.98 Å². The van der Waals surface area contributed by atoms with Gasteiger partial charge < -0.3 is 10.3 Å². The lowest BCUT2D eigenvalue weighted by molar-refractivity contribution is -0.675. The van der Waals surface area contributed by atoms with Gasteiger partial charge in [-0.25, -0.2) is 0 Å². The Morgan fingerprint density at radius 2 is 1.85 bits per heavy atom. The molecule has 1 atom stereocenters. The van der Waals surface area contributed by atoms with Crippen LogP contribution < -0.4 is 5.32 Å². The van der Waals surface area contributed by atoms with Crippen molar-refractivity contribution >= 4 is 22.9 Å². The Balaban J connectivity index is 1.81.